The molecular weight excluding hydrogens is 348 g/mol. The van der Waals surface area contributed by atoms with Gasteiger partial charge >= 0.3 is 17.9 Å². The predicted molar refractivity (Wildman–Crippen MR) is 95.2 cm³/mol. The number of fused-ring (bicyclic) bond motifs is 3. The lowest BCUT2D eigenvalue weighted by Crippen LogP contribution is -2.35. The van der Waals surface area contributed by atoms with Gasteiger partial charge in [-0.05, 0) is 50.4 Å². The molecule has 6 nitrogen and oxygen atoms in total. The van der Waals surface area contributed by atoms with Crippen molar-refractivity contribution in [2.45, 2.75) is 56.8 Å². The summed E-state index contributed by atoms with van der Waals surface area (Å²) in [6.45, 7) is 6.75. The number of hydrogen-bond acceptors (Lipinski definition) is 6. The lowest BCUT2D eigenvalue weighted by Gasteiger charge is -2.24. The number of carbonyl (C=O) groups excluding carboxylic acids is 3. The molecule has 0 amide bonds. The molecular formula is C21H26O6. The molecule has 5 rings (SSSR count). The molecule has 0 aromatic carbocycles. The van der Waals surface area contributed by atoms with Crippen molar-refractivity contribution in [3.8, 4) is 0 Å². The minimum absolute atomic E-state index is 0.0682. The highest BCUT2D eigenvalue weighted by Crippen LogP contribution is 2.55. The van der Waals surface area contributed by atoms with Crippen LogP contribution < -0.4 is 0 Å². The average molecular weight is 374 g/mol. The molecule has 8 atom stereocenters. The molecule has 1 saturated heterocycles. The molecule has 5 aliphatic rings. The summed E-state index contributed by atoms with van der Waals surface area (Å²) in [6, 6.07) is 0. The van der Waals surface area contributed by atoms with Crippen LogP contribution >= 0.6 is 0 Å². The van der Waals surface area contributed by atoms with Gasteiger partial charge in [-0.25, -0.2) is 9.59 Å². The van der Waals surface area contributed by atoms with E-state index in [0.717, 1.165) is 31.3 Å². The first-order valence-electron chi connectivity index (χ1n) is 9.86. The minimum atomic E-state index is -0.424. The summed E-state index contributed by atoms with van der Waals surface area (Å²) in [5.74, 6) is 1.35. The Morgan fingerprint density at radius 2 is 1.70 bits per heavy atom. The lowest BCUT2D eigenvalue weighted by atomic mass is 9.88. The molecule has 27 heavy (non-hydrogen) atoms. The van der Waals surface area contributed by atoms with E-state index in [-0.39, 0.29) is 42.1 Å². The first-order chi connectivity index (χ1) is 13.0. The Bertz CT molecular complexity index is 670. The molecule has 0 radical (unpaired) electrons. The molecule has 4 saturated carbocycles. The zero-order valence-corrected chi connectivity index (χ0v) is 15.4. The molecule has 0 aromatic rings. The van der Waals surface area contributed by atoms with Crippen molar-refractivity contribution in [3.63, 3.8) is 0 Å². The van der Waals surface area contributed by atoms with Crippen LogP contribution in [-0.2, 0) is 28.6 Å². The Labute approximate surface area is 158 Å². The quantitative estimate of drug-likeness (QED) is 0.427. The highest BCUT2D eigenvalue weighted by atomic mass is 16.6. The number of carbonyl (C=O) groups is 3. The predicted octanol–water partition coefficient (Wildman–Crippen LogP) is 2.57. The van der Waals surface area contributed by atoms with Crippen molar-refractivity contribution in [1.29, 1.82) is 0 Å². The minimum Gasteiger partial charge on any atom is -0.459 e. The Balaban J connectivity index is 0.000000137. The molecule has 1 aliphatic heterocycles. The summed E-state index contributed by atoms with van der Waals surface area (Å²) >= 11 is 0. The van der Waals surface area contributed by atoms with E-state index in [4.69, 9.17) is 14.2 Å². The molecule has 4 aliphatic carbocycles. The van der Waals surface area contributed by atoms with Gasteiger partial charge in [-0.1, -0.05) is 13.2 Å². The third-order valence-electron chi connectivity index (χ3n) is 6.94. The summed E-state index contributed by atoms with van der Waals surface area (Å²) in [5.41, 5.74) is 0. The van der Waals surface area contributed by atoms with Crippen molar-refractivity contribution in [2.24, 2.45) is 29.6 Å². The third-order valence-corrected chi connectivity index (χ3v) is 6.94. The van der Waals surface area contributed by atoms with Gasteiger partial charge in [0.05, 0.1) is 5.92 Å². The van der Waals surface area contributed by atoms with E-state index >= 15 is 0 Å². The number of rotatable bonds is 4. The van der Waals surface area contributed by atoms with Crippen molar-refractivity contribution in [1.82, 2.24) is 0 Å². The van der Waals surface area contributed by atoms with E-state index in [2.05, 4.69) is 13.2 Å². The summed E-state index contributed by atoms with van der Waals surface area (Å²) < 4.78 is 15.7. The first-order valence-corrected chi connectivity index (χ1v) is 9.86. The van der Waals surface area contributed by atoms with Gasteiger partial charge in [0.1, 0.15) is 18.3 Å². The molecule has 5 fully saturated rings. The van der Waals surface area contributed by atoms with Crippen LogP contribution in [0.2, 0.25) is 0 Å². The Kier molecular flexibility index (Phi) is 4.82. The normalized spacial score (nSPS) is 42.1. The topological polar surface area (TPSA) is 78.9 Å². The number of hydrogen-bond donors (Lipinski definition) is 0. The van der Waals surface area contributed by atoms with Crippen molar-refractivity contribution < 1.29 is 28.6 Å². The summed E-state index contributed by atoms with van der Waals surface area (Å²) in [7, 11) is 0. The van der Waals surface area contributed by atoms with Crippen LogP contribution in [0.1, 0.15) is 38.5 Å². The number of ether oxygens (including phenoxy) is 3. The van der Waals surface area contributed by atoms with Crippen LogP contribution in [0.5, 0.6) is 0 Å². The summed E-state index contributed by atoms with van der Waals surface area (Å²) in [5, 5.41) is 0. The van der Waals surface area contributed by atoms with Gasteiger partial charge in [0, 0.05) is 24.0 Å². The smallest absolute Gasteiger partial charge is 0.330 e. The monoisotopic (exact) mass is 374 g/mol. The van der Waals surface area contributed by atoms with Crippen LogP contribution in [-0.4, -0.2) is 36.2 Å². The fourth-order valence-corrected chi connectivity index (χ4v) is 5.77. The second-order valence-electron chi connectivity index (χ2n) is 8.36. The SMILES string of the molecule is C=CC(=O)OC1C2CC3C(=O)OC1C3C2.C=CC(=O)OC1CC2CCC1C2. The molecule has 1 heterocycles. The maximum absolute atomic E-state index is 11.4. The number of esters is 3. The lowest BCUT2D eigenvalue weighted by molar-refractivity contribution is -0.157. The Hall–Kier alpha value is -2.11. The second-order valence-corrected chi connectivity index (χ2v) is 8.36. The van der Waals surface area contributed by atoms with Gasteiger partial charge in [0.25, 0.3) is 0 Å². The summed E-state index contributed by atoms with van der Waals surface area (Å²) in [4.78, 5) is 33.4. The van der Waals surface area contributed by atoms with Crippen molar-refractivity contribution >= 4 is 17.9 Å². The fraction of sp³-hybridized carbons (Fsp3) is 0.667. The molecule has 0 N–H and O–H groups in total. The van der Waals surface area contributed by atoms with E-state index in [1.54, 1.807) is 0 Å². The fourth-order valence-electron chi connectivity index (χ4n) is 5.77. The summed E-state index contributed by atoms with van der Waals surface area (Å²) in [6.07, 6.45) is 8.91. The molecule has 146 valence electrons. The van der Waals surface area contributed by atoms with Crippen LogP contribution in [0.4, 0.5) is 0 Å². The van der Waals surface area contributed by atoms with Gasteiger partial charge in [-0.3, -0.25) is 4.79 Å². The van der Waals surface area contributed by atoms with Crippen LogP contribution in [0, 0.1) is 29.6 Å². The Morgan fingerprint density at radius 1 is 0.963 bits per heavy atom. The molecule has 0 aromatic heterocycles. The average Bonchev–Trinajstić information content (AvgIpc) is 3.44. The standard InChI is InChI=1S/C11H12O4.C10H14O2/c1-2-8(12)14-9-5-3-6-7(4-5)11(13)15-10(6)9;1-2-10(11)12-9-6-7-3-4-8(9)5-7/h2,5-7,9-10H,1,3-4H2;2,7-9H,1,3-6H2. The second kappa shape index (κ2) is 7.13. The van der Waals surface area contributed by atoms with Crippen LogP contribution in [0.15, 0.2) is 25.3 Å². The van der Waals surface area contributed by atoms with Gasteiger partial charge < -0.3 is 14.2 Å². The van der Waals surface area contributed by atoms with E-state index in [0.29, 0.717) is 11.8 Å². The van der Waals surface area contributed by atoms with E-state index < -0.39 is 5.97 Å². The van der Waals surface area contributed by atoms with Crippen LogP contribution in [0.3, 0.4) is 0 Å². The molecule has 4 bridgehead atoms. The Morgan fingerprint density at radius 3 is 2.33 bits per heavy atom. The maximum atomic E-state index is 11.4. The zero-order chi connectivity index (χ0) is 19.1. The highest BCUT2D eigenvalue weighted by molar-refractivity contribution is 5.82. The van der Waals surface area contributed by atoms with E-state index in [1.807, 2.05) is 0 Å². The molecule has 6 heteroatoms. The van der Waals surface area contributed by atoms with E-state index in [1.165, 1.54) is 25.3 Å². The van der Waals surface area contributed by atoms with Crippen molar-refractivity contribution in [3.05, 3.63) is 25.3 Å². The third kappa shape index (κ3) is 3.30. The molecule has 0 spiro atoms. The largest absolute Gasteiger partial charge is 0.459 e. The van der Waals surface area contributed by atoms with Crippen LogP contribution in [0.25, 0.3) is 0 Å². The molecule has 8 unspecified atom stereocenters. The first kappa shape index (κ1) is 18.3. The van der Waals surface area contributed by atoms with Gasteiger partial charge in [0.15, 0.2) is 0 Å². The van der Waals surface area contributed by atoms with Gasteiger partial charge in [-0.2, -0.15) is 0 Å². The van der Waals surface area contributed by atoms with E-state index in [9.17, 15) is 14.4 Å². The highest BCUT2D eigenvalue weighted by Gasteiger charge is 2.63. The van der Waals surface area contributed by atoms with Gasteiger partial charge in [-0.15, -0.1) is 0 Å². The maximum Gasteiger partial charge on any atom is 0.330 e. The van der Waals surface area contributed by atoms with Gasteiger partial charge in [0.2, 0.25) is 0 Å². The zero-order valence-electron chi connectivity index (χ0n) is 15.4. The van der Waals surface area contributed by atoms with Crippen molar-refractivity contribution in [2.75, 3.05) is 0 Å².